The summed E-state index contributed by atoms with van der Waals surface area (Å²) >= 11 is 1.67. The first kappa shape index (κ1) is 18.1. The molecule has 27 heavy (non-hydrogen) atoms. The van der Waals surface area contributed by atoms with E-state index in [0.717, 1.165) is 29.0 Å². The summed E-state index contributed by atoms with van der Waals surface area (Å²) in [5, 5.41) is 3.23. The molecule has 0 spiro atoms. The second-order valence-electron chi connectivity index (χ2n) is 7.34. The number of thioether (sulfide) groups is 1. The smallest absolute Gasteiger partial charge is 0.227 e. The van der Waals surface area contributed by atoms with Gasteiger partial charge in [-0.25, -0.2) is 0 Å². The molecular formula is C22H24N2O2S. The molecule has 1 saturated heterocycles. The molecule has 4 rings (SSSR count). The van der Waals surface area contributed by atoms with Gasteiger partial charge in [-0.2, -0.15) is 0 Å². The lowest BCUT2D eigenvalue weighted by molar-refractivity contribution is -0.127. The molecule has 1 N–H and O–H groups in total. The molecule has 0 aromatic heterocycles. The van der Waals surface area contributed by atoms with Crippen LogP contribution in [-0.4, -0.2) is 24.6 Å². The van der Waals surface area contributed by atoms with Crippen LogP contribution < -0.4 is 10.2 Å². The van der Waals surface area contributed by atoms with Crippen LogP contribution >= 0.6 is 11.8 Å². The number of benzene rings is 2. The average Bonchev–Trinajstić information content (AvgIpc) is 3.48. The van der Waals surface area contributed by atoms with E-state index in [4.69, 9.17) is 0 Å². The summed E-state index contributed by atoms with van der Waals surface area (Å²) in [5.74, 6) is 0.244. The van der Waals surface area contributed by atoms with Gasteiger partial charge >= 0.3 is 0 Å². The highest BCUT2D eigenvalue weighted by molar-refractivity contribution is 7.98. The van der Waals surface area contributed by atoms with E-state index in [9.17, 15) is 9.59 Å². The number of amides is 2. The van der Waals surface area contributed by atoms with Crippen LogP contribution in [0.4, 0.5) is 5.69 Å². The molecule has 2 atom stereocenters. The molecule has 2 fully saturated rings. The third kappa shape index (κ3) is 4.03. The van der Waals surface area contributed by atoms with Crippen molar-refractivity contribution < 1.29 is 9.59 Å². The van der Waals surface area contributed by atoms with Gasteiger partial charge in [0.2, 0.25) is 11.8 Å². The summed E-state index contributed by atoms with van der Waals surface area (Å²) in [7, 11) is 0. The SMILES string of the molecule is CSc1ccc(N2CC(C(=O)NC(c3ccccc3)C3CC3)CC2=O)cc1. The van der Waals surface area contributed by atoms with Crippen LogP contribution in [0.3, 0.4) is 0 Å². The summed E-state index contributed by atoms with van der Waals surface area (Å²) in [4.78, 5) is 28.3. The summed E-state index contributed by atoms with van der Waals surface area (Å²) in [6, 6.07) is 18.2. The van der Waals surface area contributed by atoms with Gasteiger partial charge in [0.1, 0.15) is 0 Å². The lowest BCUT2D eigenvalue weighted by Gasteiger charge is -2.21. The van der Waals surface area contributed by atoms with Crippen molar-refractivity contribution in [1.29, 1.82) is 0 Å². The third-order valence-corrected chi connectivity index (χ3v) is 6.17. The zero-order chi connectivity index (χ0) is 18.8. The predicted octanol–water partition coefficient (Wildman–Crippen LogP) is 4.03. The minimum atomic E-state index is -0.289. The Hall–Kier alpha value is -2.27. The molecule has 2 aromatic carbocycles. The van der Waals surface area contributed by atoms with Gasteiger partial charge in [-0.05, 0) is 54.8 Å². The number of hydrogen-bond acceptors (Lipinski definition) is 3. The maximum absolute atomic E-state index is 12.9. The van der Waals surface area contributed by atoms with Crippen LogP contribution in [0.2, 0.25) is 0 Å². The first-order valence-corrected chi connectivity index (χ1v) is 10.7. The van der Waals surface area contributed by atoms with E-state index in [1.54, 1.807) is 16.7 Å². The van der Waals surface area contributed by atoms with E-state index in [-0.39, 0.29) is 30.2 Å². The molecule has 1 aliphatic heterocycles. The van der Waals surface area contributed by atoms with E-state index >= 15 is 0 Å². The summed E-state index contributed by atoms with van der Waals surface area (Å²) in [5.41, 5.74) is 2.03. The van der Waals surface area contributed by atoms with Crippen LogP contribution in [-0.2, 0) is 9.59 Å². The van der Waals surface area contributed by atoms with Crippen molar-refractivity contribution in [2.24, 2.45) is 11.8 Å². The highest BCUT2D eigenvalue weighted by atomic mass is 32.2. The molecule has 140 valence electrons. The van der Waals surface area contributed by atoms with Gasteiger partial charge in [-0.15, -0.1) is 11.8 Å². The quantitative estimate of drug-likeness (QED) is 0.770. The van der Waals surface area contributed by atoms with Crippen molar-refractivity contribution in [3.63, 3.8) is 0 Å². The Morgan fingerprint density at radius 3 is 2.44 bits per heavy atom. The lowest BCUT2D eigenvalue weighted by atomic mass is 10.0. The summed E-state index contributed by atoms with van der Waals surface area (Å²) in [6.45, 7) is 0.454. The molecule has 1 aliphatic carbocycles. The third-order valence-electron chi connectivity index (χ3n) is 5.43. The Balaban J connectivity index is 1.44. The number of nitrogens with zero attached hydrogens (tertiary/aromatic N) is 1. The Morgan fingerprint density at radius 1 is 1.11 bits per heavy atom. The van der Waals surface area contributed by atoms with E-state index < -0.39 is 0 Å². The normalized spacial score (nSPS) is 20.6. The molecule has 2 aromatic rings. The Labute approximate surface area is 164 Å². The van der Waals surface area contributed by atoms with Gasteiger partial charge < -0.3 is 10.2 Å². The van der Waals surface area contributed by atoms with Gasteiger partial charge in [0.15, 0.2) is 0 Å². The molecule has 5 heteroatoms. The molecule has 4 nitrogen and oxygen atoms in total. The zero-order valence-electron chi connectivity index (χ0n) is 15.4. The van der Waals surface area contributed by atoms with Crippen molar-refractivity contribution in [2.75, 3.05) is 17.7 Å². The Kier molecular flexibility index (Phi) is 5.21. The number of carbonyl (C=O) groups excluding carboxylic acids is 2. The van der Waals surface area contributed by atoms with Crippen LogP contribution in [0, 0.1) is 11.8 Å². The van der Waals surface area contributed by atoms with Crippen LogP contribution in [0.1, 0.15) is 30.9 Å². The van der Waals surface area contributed by atoms with Crippen molar-refractivity contribution in [3.05, 3.63) is 60.2 Å². The second kappa shape index (κ2) is 7.77. The molecule has 1 saturated carbocycles. The minimum absolute atomic E-state index is 0.00710. The molecule has 2 unspecified atom stereocenters. The summed E-state index contributed by atoms with van der Waals surface area (Å²) in [6.07, 6.45) is 4.61. The number of carbonyl (C=O) groups is 2. The molecule has 1 heterocycles. The first-order valence-electron chi connectivity index (χ1n) is 9.45. The fraction of sp³-hybridized carbons (Fsp3) is 0.364. The van der Waals surface area contributed by atoms with Crippen molar-refractivity contribution in [2.45, 2.75) is 30.2 Å². The number of hydrogen-bond donors (Lipinski definition) is 1. The fourth-order valence-electron chi connectivity index (χ4n) is 3.73. The lowest BCUT2D eigenvalue weighted by Crippen LogP contribution is -2.36. The minimum Gasteiger partial charge on any atom is -0.349 e. The van der Waals surface area contributed by atoms with Gasteiger partial charge in [0, 0.05) is 23.5 Å². The van der Waals surface area contributed by atoms with E-state index in [1.165, 1.54) is 0 Å². The highest BCUT2D eigenvalue weighted by Crippen LogP contribution is 2.41. The van der Waals surface area contributed by atoms with E-state index in [2.05, 4.69) is 17.4 Å². The fourth-order valence-corrected chi connectivity index (χ4v) is 4.14. The van der Waals surface area contributed by atoms with Crippen LogP contribution in [0.15, 0.2) is 59.5 Å². The van der Waals surface area contributed by atoms with Crippen LogP contribution in [0.25, 0.3) is 0 Å². The highest BCUT2D eigenvalue weighted by Gasteiger charge is 2.39. The standard InChI is InChI=1S/C22H24N2O2S/c1-27-19-11-9-18(10-12-19)24-14-17(13-20(24)25)22(26)23-21(16-7-8-16)15-5-3-2-4-6-15/h2-6,9-12,16-17,21H,7-8,13-14H2,1H3,(H,23,26). The maximum atomic E-state index is 12.9. The predicted molar refractivity (Wildman–Crippen MR) is 109 cm³/mol. The van der Waals surface area contributed by atoms with Crippen molar-refractivity contribution >= 4 is 29.3 Å². The maximum Gasteiger partial charge on any atom is 0.227 e. The van der Waals surface area contributed by atoms with Gasteiger partial charge in [-0.3, -0.25) is 9.59 Å². The van der Waals surface area contributed by atoms with Gasteiger partial charge in [-0.1, -0.05) is 30.3 Å². The van der Waals surface area contributed by atoms with Crippen molar-refractivity contribution in [3.8, 4) is 0 Å². The zero-order valence-corrected chi connectivity index (χ0v) is 16.2. The summed E-state index contributed by atoms with van der Waals surface area (Å²) < 4.78 is 0. The Morgan fingerprint density at radius 2 is 1.81 bits per heavy atom. The number of anilines is 1. The number of rotatable bonds is 6. The van der Waals surface area contributed by atoms with E-state index in [1.807, 2.05) is 48.7 Å². The first-order chi connectivity index (χ1) is 13.2. The molecule has 2 aliphatic rings. The molecule has 2 amide bonds. The van der Waals surface area contributed by atoms with Crippen LogP contribution in [0.5, 0.6) is 0 Å². The molecular weight excluding hydrogens is 356 g/mol. The number of nitrogens with one attached hydrogen (secondary N) is 1. The topological polar surface area (TPSA) is 49.4 Å². The van der Waals surface area contributed by atoms with Gasteiger partial charge in [0.25, 0.3) is 0 Å². The average molecular weight is 381 g/mol. The largest absolute Gasteiger partial charge is 0.349 e. The molecule has 0 radical (unpaired) electrons. The molecule has 0 bridgehead atoms. The second-order valence-corrected chi connectivity index (χ2v) is 8.22. The van der Waals surface area contributed by atoms with Gasteiger partial charge in [0.05, 0.1) is 12.0 Å². The van der Waals surface area contributed by atoms with Crippen molar-refractivity contribution in [1.82, 2.24) is 5.32 Å². The monoisotopic (exact) mass is 380 g/mol. The van der Waals surface area contributed by atoms with E-state index in [0.29, 0.717) is 12.5 Å². The Bertz CT molecular complexity index is 818.